The van der Waals surface area contributed by atoms with E-state index in [0.717, 1.165) is 29.7 Å². The van der Waals surface area contributed by atoms with Crippen molar-refractivity contribution in [2.24, 2.45) is 0 Å². The van der Waals surface area contributed by atoms with Crippen LogP contribution in [0.1, 0.15) is 31.4 Å². The van der Waals surface area contributed by atoms with Gasteiger partial charge >= 0.3 is 0 Å². The Hall–Kier alpha value is -1.61. The van der Waals surface area contributed by atoms with Gasteiger partial charge in [0.05, 0.1) is 11.9 Å². The summed E-state index contributed by atoms with van der Waals surface area (Å²) in [5, 5.41) is 15.8. The van der Waals surface area contributed by atoms with Gasteiger partial charge in [0.25, 0.3) is 0 Å². The number of nitrogens with one attached hydrogen (secondary N) is 1. The molecule has 18 heavy (non-hydrogen) atoms. The topological polar surface area (TPSA) is 48.9 Å². The minimum absolute atomic E-state index is 0.243. The highest BCUT2D eigenvalue weighted by Crippen LogP contribution is 2.21. The second-order valence-corrected chi connectivity index (χ2v) is 3.96. The molecule has 0 aliphatic carbocycles. The zero-order valence-electron chi connectivity index (χ0n) is 11.4. The lowest BCUT2D eigenvalue weighted by molar-refractivity contribution is 0.288. The van der Waals surface area contributed by atoms with Crippen molar-refractivity contribution in [3.05, 3.63) is 41.6 Å². The molecule has 0 saturated heterocycles. The first-order chi connectivity index (χ1) is 8.81. The summed E-state index contributed by atoms with van der Waals surface area (Å²) in [6, 6.07) is 8.35. The maximum absolute atomic E-state index is 8.81. The summed E-state index contributed by atoms with van der Waals surface area (Å²) in [4.78, 5) is 0. The summed E-state index contributed by atoms with van der Waals surface area (Å²) >= 11 is 0. The second-order valence-electron chi connectivity index (χ2n) is 3.96. The average Bonchev–Trinajstić information content (AvgIpc) is 2.85. The van der Waals surface area contributed by atoms with Gasteiger partial charge in [-0.2, -0.15) is 5.10 Å². The van der Waals surface area contributed by atoms with E-state index in [0.29, 0.717) is 0 Å². The first-order valence-corrected chi connectivity index (χ1v) is 6.51. The highest BCUT2D eigenvalue weighted by Gasteiger charge is 2.04. The number of rotatable bonds is 4. The molecule has 0 saturated carbocycles. The second kappa shape index (κ2) is 7.67. The van der Waals surface area contributed by atoms with E-state index in [1.54, 1.807) is 0 Å². The number of aromatic amines is 1. The number of H-pyrrole nitrogens is 1. The van der Waals surface area contributed by atoms with Gasteiger partial charge in [0.1, 0.15) is 0 Å². The molecule has 3 heteroatoms. The standard InChI is InChI=1S/C13H16N2O.C2H6/c1-10-9-14-15-13(10)12-6-2-4-11(8-12)5-3-7-16;1-2/h2,4,6,8-9,16H,3,5,7H2,1H3,(H,14,15);1-2H3. The van der Waals surface area contributed by atoms with Gasteiger partial charge in [0.15, 0.2) is 0 Å². The Labute approximate surface area is 109 Å². The minimum Gasteiger partial charge on any atom is -0.396 e. The van der Waals surface area contributed by atoms with E-state index >= 15 is 0 Å². The number of aliphatic hydroxyl groups excluding tert-OH is 1. The molecule has 0 spiro atoms. The lowest BCUT2D eigenvalue weighted by Gasteiger charge is -2.04. The number of hydrogen-bond donors (Lipinski definition) is 2. The third-order valence-electron chi connectivity index (χ3n) is 2.67. The summed E-state index contributed by atoms with van der Waals surface area (Å²) < 4.78 is 0. The van der Waals surface area contributed by atoms with Gasteiger partial charge in [-0.1, -0.05) is 32.0 Å². The summed E-state index contributed by atoms with van der Waals surface area (Å²) in [6.45, 7) is 6.28. The van der Waals surface area contributed by atoms with Crippen LogP contribution in [0.15, 0.2) is 30.5 Å². The summed E-state index contributed by atoms with van der Waals surface area (Å²) in [5.41, 5.74) is 4.64. The largest absolute Gasteiger partial charge is 0.396 e. The molecule has 0 atom stereocenters. The molecule has 0 aliphatic rings. The highest BCUT2D eigenvalue weighted by molar-refractivity contribution is 5.62. The van der Waals surface area contributed by atoms with E-state index in [9.17, 15) is 0 Å². The van der Waals surface area contributed by atoms with Gasteiger partial charge in [-0.05, 0) is 37.0 Å². The molecule has 0 unspecified atom stereocenters. The Morgan fingerprint density at radius 3 is 2.67 bits per heavy atom. The van der Waals surface area contributed by atoms with E-state index in [-0.39, 0.29) is 6.61 Å². The van der Waals surface area contributed by atoms with Gasteiger partial charge < -0.3 is 5.11 Å². The van der Waals surface area contributed by atoms with Gasteiger partial charge in [-0.3, -0.25) is 5.10 Å². The van der Waals surface area contributed by atoms with Crippen LogP contribution < -0.4 is 0 Å². The Balaban J connectivity index is 0.000000771. The molecule has 0 fully saturated rings. The van der Waals surface area contributed by atoms with E-state index in [1.165, 1.54) is 5.56 Å². The van der Waals surface area contributed by atoms with Crippen molar-refractivity contribution in [3.63, 3.8) is 0 Å². The van der Waals surface area contributed by atoms with E-state index < -0.39 is 0 Å². The van der Waals surface area contributed by atoms with Crippen molar-refractivity contribution >= 4 is 0 Å². The fourth-order valence-electron chi connectivity index (χ4n) is 1.80. The number of aromatic nitrogens is 2. The zero-order valence-corrected chi connectivity index (χ0v) is 11.4. The van der Waals surface area contributed by atoms with Crippen molar-refractivity contribution in [1.29, 1.82) is 0 Å². The Morgan fingerprint density at radius 1 is 1.28 bits per heavy atom. The van der Waals surface area contributed by atoms with E-state index in [4.69, 9.17) is 5.11 Å². The maximum Gasteiger partial charge on any atom is 0.0679 e. The zero-order chi connectivity index (χ0) is 13.4. The smallest absolute Gasteiger partial charge is 0.0679 e. The normalized spacial score (nSPS) is 9.78. The predicted octanol–water partition coefficient (Wildman–Crippen LogP) is 3.34. The van der Waals surface area contributed by atoms with Crippen LogP contribution in [0.4, 0.5) is 0 Å². The number of aliphatic hydroxyl groups is 1. The number of benzene rings is 1. The number of hydrogen-bond acceptors (Lipinski definition) is 2. The molecule has 2 rings (SSSR count). The van der Waals surface area contributed by atoms with Crippen LogP contribution in [-0.2, 0) is 6.42 Å². The van der Waals surface area contributed by atoms with Crippen LogP contribution in [0.5, 0.6) is 0 Å². The summed E-state index contributed by atoms with van der Waals surface area (Å²) in [6.07, 6.45) is 3.55. The van der Waals surface area contributed by atoms with Crippen LogP contribution >= 0.6 is 0 Å². The Morgan fingerprint density at radius 2 is 2.06 bits per heavy atom. The van der Waals surface area contributed by atoms with Gasteiger partial charge in [-0.25, -0.2) is 0 Å². The predicted molar refractivity (Wildman–Crippen MR) is 75.5 cm³/mol. The molecule has 3 nitrogen and oxygen atoms in total. The van der Waals surface area contributed by atoms with Crippen LogP contribution in [0.3, 0.4) is 0 Å². The molecular formula is C15H22N2O. The monoisotopic (exact) mass is 246 g/mol. The van der Waals surface area contributed by atoms with Crippen LogP contribution in [-0.4, -0.2) is 21.9 Å². The lowest BCUT2D eigenvalue weighted by Crippen LogP contribution is -1.90. The van der Waals surface area contributed by atoms with Crippen molar-refractivity contribution < 1.29 is 5.11 Å². The molecule has 0 bridgehead atoms. The molecule has 0 amide bonds. The SMILES string of the molecule is CC.Cc1cn[nH]c1-c1cccc(CCCO)c1. The summed E-state index contributed by atoms with van der Waals surface area (Å²) in [5.74, 6) is 0. The molecule has 2 aromatic rings. The van der Waals surface area contributed by atoms with Crippen molar-refractivity contribution in [3.8, 4) is 11.3 Å². The minimum atomic E-state index is 0.243. The molecule has 0 aliphatic heterocycles. The maximum atomic E-state index is 8.81. The summed E-state index contributed by atoms with van der Waals surface area (Å²) in [7, 11) is 0. The molecule has 1 heterocycles. The fourth-order valence-corrected chi connectivity index (χ4v) is 1.80. The number of nitrogens with zero attached hydrogens (tertiary/aromatic N) is 1. The van der Waals surface area contributed by atoms with E-state index in [2.05, 4.69) is 28.4 Å². The first-order valence-electron chi connectivity index (χ1n) is 6.51. The third kappa shape index (κ3) is 3.70. The van der Waals surface area contributed by atoms with Crippen LogP contribution in [0.2, 0.25) is 0 Å². The Bertz CT molecular complexity index is 463. The molecule has 1 aromatic carbocycles. The van der Waals surface area contributed by atoms with Crippen LogP contribution in [0.25, 0.3) is 11.3 Å². The fraction of sp³-hybridized carbons (Fsp3) is 0.400. The van der Waals surface area contributed by atoms with Crippen molar-refractivity contribution in [1.82, 2.24) is 10.2 Å². The average molecular weight is 246 g/mol. The Kier molecular flexibility index (Phi) is 6.15. The van der Waals surface area contributed by atoms with Crippen molar-refractivity contribution in [2.45, 2.75) is 33.6 Å². The molecule has 1 aromatic heterocycles. The molecule has 0 radical (unpaired) electrons. The first kappa shape index (κ1) is 14.5. The highest BCUT2D eigenvalue weighted by atomic mass is 16.2. The van der Waals surface area contributed by atoms with Crippen molar-refractivity contribution in [2.75, 3.05) is 6.61 Å². The van der Waals surface area contributed by atoms with Crippen LogP contribution in [0, 0.1) is 6.92 Å². The molecular weight excluding hydrogens is 224 g/mol. The molecule has 98 valence electrons. The lowest BCUT2D eigenvalue weighted by atomic mass is 10.0. The van der Waals surface area contributed by atoms with Gasteiger partial charge in [-0.15, -0.1) is 0 Å². The number of aryl methyl sites for hydroxylation is 2. The van der Waals surface area contributed by atoms with Gasteiger partial charge in [0.2, 0.25) is 0 Å². The third-order valence-corrected chi connectivity index (χ3v) is 2.67. The van der Waals surface area contributed by atoms with Gasteiger partial charge in [0, 0.05) is 12.2 Å². The quantitative estimate of drug-likeness (QED) is 0.869. The van der Waals surface area contributed by atoms with E-state index in [1.807, 2.05) is 33.0 Å². The molecule has 2 N–H and O–H groups in total.